The number of nitrogens with zero attached hydrogens (tertiary/aromatic N) is 1. The van der Waals surface area contributed by atoms with Crippen LogP contribution < -0.4 is 10.1 Å². The number of hydrogen-bond donors (Lipinski definition) is 1. The lowest BCUT2D eigenvalue weighted by molar-refractivity contribution is -0.118. The van der Waals surface area contributed by atoms with Crippen LogP contribution in [0.5, 0.6) is 5.75 Å². The Morgan fingerprint density at radius 2 is 2.13 bits per heavy atom. The monoisotopic (exact) mass is 316 g/mol. The summed E-state index contributed by atoms with van der Waals surface area (Å²) in [6.45, 7) is 8.79. The Morgan fingerprint density at radius 3 is 2.74 bits per heavy atom. The van der Waals surface area contributed by atoms with Crippen LogP contribution in [0.15, 0.2) is 29.4 Å². The molecule has 0 spiro atoms. The van der Waals surface area contributed by atoms with Crippen LogP contribution >= 0.6 is 0 Å². The van der Waals surface area contributed by atoms with Crippen molar-refractivity contribution in [3.8, 4) is 5.75 Å². The van der Waals surface area contributed by atoms with Gasteiger partial charge in [-0.3, -0.25) is 9.79 Å². The minimum atomic E-state index is -0.159. The van der Waals surface area contributed by atoms with Crippen molar-refractivity contribution in [1.29, 1.82) is 0 Å². The number of rotatable bonds is 5. The summed E-state index contributed by atoms with van der Waals surface area (Å²) in [7, 11) is 1.65. The molecule has 1 N–H and O–H groups in total. The molecule has 23 heavy (non-hydrogen) atoms. The van der Waals surface area contributed by atoms with Gasteiger partial charge in [0.2, 0.25) is 5.91 Å². The number of carbonyl (C=O) groups excluding carboxylic acids is 1. The largest absolute Gasteiger partial charge is 0.496 e. The molecule has 1 amide bonds. The Labute approximate surface area is 137 Å². The Balaban J connectivity index is 2.35. The minimum Gasteiger partial charge on any atom is -0.496 e. The average molecular weight is 316 g/mol. The molecule has 1 saturated heterocycles. The lowest BCUT2D eigenvalue weighted by Crippen LogP contribution is -2.19. The van der Waals surface area contributed by atoms with E-state index in [9.17, 15) is 4.79 Å². The van der Waals surface area contributed by atoms with E-state index < -0.39 is 0 Å². The Morgan fingerprint density at radius 1 is 1.43 bits per heavy atom. The van der Waals surface area contributed by atoms with Gasteiger partial charge in [-0.1, -0.05) is 12.6 Å². The molecule has 1 aliphatic heterocycles. The van der Waals surface area contributed by atoms with Gasteiger partial charge in [0, 0.05) is 25.7 Å². The molecule has 124 valence electrons. The first-order valence-electron chi connectivity index (χ1n) is 7.78. The second-order valence-corrected chi connectivity index (χ2v) is 5.68. The molecule has 0 radical (unpaired) electrons. The van der Waals surface area contributed by atoms with Crippen LogP contribution in [-0.4, -0.2) is 32.4 Å². The fourth-order valence-electron chi connectivity index (χ4n) is 2.83. The zero-order valence-corrected chi connectivity index (χ0v) is 14.0. The van der Waals surface area contributed by atoms with Crippen LogP contribution in [0.2, 0.25) is 0 Å². The normalized spacial score (nSPS) is 15.6. The van der Waals surface area contributed by atoms with E-state index in [4.69, 9.17) is 9.47 Å². The summed E-state index contributed by atoms with van der Waals surface area (Å²) in [5.74, 6) is 1.07. The summed E-state index contributed by atoms with van der Waals surface area (Å²) in [4.78, 5) is 15.7. The number of benzene rings is 1. The molecule has 0 unspecified atom stereocenters. The van der Waals surface area contributed by atoms with Crippen molar-refractivity contribution < 1.29 is 14.3 Å². The van der Waals surface area contributed by atoms with Gasteiger partial charge < -0.3 is 14.8 Å². The third kappa shape index (κ3) is 4.42. The molecule has 0 aromatic heterocycles. The van der Waals surface area contributed by atoms with Crippen molar-refractivity contribution in [1.82, 2.24) is 5.32 Å². The van der Waals surface area contributed by atoms with E-state index in [1.165, 1.54) is 12.5 Å². The van der Waals surface area contributed by atoms with Gasteiger partial charge in [0.1, 0.15) is 5.75 Å². The first kappa shape index (κ1) is 17.2. The number of amides is 1. The highest BCUT2D eigenvalue weighted by molar-refractivity contribution is 5.88. The van der Waals surface area contributed by atoms with E-state index in [1.807, 2.05) is 13.0 Å². The van der Waals surface area contributed by atoms with E-state index in [-0.39, 0.29) is 5.91 Å². The van der Waals surface area contributed by atoms with Gasteiger partial charge in [0.05, 0.1) is 24.7 Å². The van der Waals surface area contributed by atoms with Gasteiger partial charge >= 0.3 is 0 Å². The maximum absolute atomic E-state index is 11.1. The summed E-state index contributed by atoms with van der Waals surface area (Å²) >= 11 is 0. The first-order valence-corrected chi connectivity index (χ1v) is 7.78. The van der Waals surface area contributed by atoms with Gasteiger partial charge in [0.25, 0.3) is 0 Å². The number of hydrogen-bond acceptors (Lipinski definition) is 4. The molecular formula is C18H24N2O3. The second-order valence-electron chi connectivity index (χ2n) is 5.68. The summed E-state index contributed by atoms with van der Waals surface area (Å²) in [5.41, 5.74) is 3.54. The molecule has 1 aromatic rings. The van der Waals surface area contributed by atoms with Gasteiger partial charge in [-0.2, -0.15) is 0 Å². The third-order valence-corrected chi connectivity index (χ3v) is 3.98. The Hall–Kier alpha value is -2.14. The molecule has 2 rings (SSSR count). The molecule has 1 aliphatic rings. The predicted molar refractivity (Wildman–Crippen MR) is 91.6 cm³/mol. The second kappa shape index (κ2) is 7.92. The lowest BCUT2D eigenvalue weighted by atomic mass is 9.89. The minimum absolute atomic E-state index is 0.159. The van der Waals surface area contributed by atoms with Crippen LogP contribution in [0, 0.1) is 6.92 Å². The molecular weight excluding hydrogens is 292 g/mol. The molecule has 1 aromatic carbocycles. The molecule has 5 nitrogen and oxygen atoms in total. The van der Waals surface area contributed by atoms with E-state index in [0.717, 1.165) is 43.1 Å². The van der Waals surface area contributed by atoms with Crippen LogP contribution in [-0.2, 0) is 9.53 Å². The smallest absolute Gasteiger partial charge is 0.221 e. The number of carbonyl (C=O) groups is 1. The summed E-state index contributed by atoms with van der Waals surface area (Å²) < 4.78 is 10.9. The van der Waals surface area contributed by atoms with Crippen LogP contribution in [0.1, 0.15) is 36.8 Å². The van der Waals surface area contributed by atoms with Crippen molar-refractivity contribution >= 4 is 17.8 Å². The standard InChI is InChI=1S/C18H24N2O3/c1-12(20-14(3)21)11-19-18-13(2)17(22-4)6-5-16(18)15-7-9-23-10-8-15/h5-6,11,15H,1,7-10H2,2-4H3,(H,20,21). The van der Waals surface area contributed by atoms with Crippen molar-refractivity contribution in [2.45, 2.75) is 32.6 Å². The topological polar surface area (TPSA) is 59.9 Å². The number of allylic oxidation sites excluding steroid dienone is 1. The maximum atomic E-state index is 11.1. The zero-order valence-electron chi connectivity index (χ0n) is 14.0. The van der Waals surface area contributed by atoms with Crippen molar-refractivity contribution in [3.63, 3.8) is 0 Å². The van der Waals surface area contributed by atoms with E-state index >= 15 is 0 Å². The number of nitrogens with one attached hydrogen (secondary N) is 1. The number of aliphatic imine (C=N–C) groups is 1. The van der Waals surface area contributed by atoms with Crippen molar-refractivity contribution in [2.24, 2.45) is 4.99 Å². The van der Waals surface area contributed by atoms with Crippen molar-refractivity contribution in [3.05, 3.63) is 35.5 Å². The maximum Gasteiger partial charge on any atom is 0.221 e. The Kier molecular flexibility index (Phi) is 5.93. The molecule has 5 heteroatoms. The van der Waals surface area contributed by atoms with Crippen molar-refractivity contribution in [2.75, 3.05) is 20.3 Å². The summed E-state index contributed by atoms with van der Waals surface area (Å²) in [5, 5.41) is 2.63. The molecule has 1 heterocycles. The Bertz CT molecular complexity index is 617. The van der Waals surface area contributed by atoms with Gasteiger partial charge in [0.15, 0.2) is 0 Å². The highest BCUT2D eigenvalue weighted by Gasteiger charge is 2.21. The first-order chi connectivity index (χ1) is 11.0. The van der Waals surface area contributed by atoms with Gasteiger partial charge in [-0.25, -0.2) is 0 Å². The van der Waals surface area contributed by atoms with Crippen LogP contribution in [0.3, 0.4) is 0 Å². The lowest BCUT2D eigenvalue weighted by Gasteiger charge is -2.25. The summed E-state index contributed by atoms with van der Waals surface area (Å²) in [6.07, 6.45) is 3.56. The van der Waals surface area contributed by atoms with E-state index in [0.29, 0.717) is 11.6 Å². The third-order valence-electron chi connectivity index (χ3n) is 3.98. The fraction of sp³-hybridized carbons (Fsp3) is 0.444. The number of ether oxygens (including phenoxy) is 2. The SMILES string of the molecule is C=C(C=Nc1c(C2CCOCC2)ccc(OC)c1C)NC(C)=O. The van der Waals surface area contributed by atoms with E-state index in [2.05, 4.69) is 23.0 Å². The fourth-order valence-corrected chi connectivity index (χ4v) is 2.83. The number of methoxy groups -OCH3 is 1. The predicted octanol–water partition coefficient (Wildman–Crippen LogP) is 3.25. The highest BCUT2D eigenvalue weighted by atomic mass is 16.5. The van der Waals surface area contributed by atoms with Gasteiger partial charge in [-0.05, 0) is 37.3 Å². The molecule has 0 saturated carbocycles. The molecule has 1 fully saturated rings. The molecule has 0 bridgehead atoms. The zero-order chi connectivity index (χ0) is 16.8. The quantitative estimate of drug-likeness (QED) is 0.848. The van der Waals surface area contributed by atoms with E-state index in [1.54, 1.807) is 13.3 Å². The molecule has 0 aliphatic carbocycles. The van der Waals surface area contributed by atoms with Gasteiger partial charge in [-0.15, -0.1) is 0 Å². The highest BCUT2D eigenvalue weighted by Crippen LogP contribution is 2.39. The van der Waals surface area contributed by atoms with Crippen LogP contribution in [0.25, 0.3) is 0 Å². The van der Waals surface area contributed by atoms with Crippen LogP contribution in [0.4, 0.5) is 5.69 Å². The summed E-state index contributed by atoms with van der Waals surface area (Å²) in [6, 6.07) is 4.07. The average Bonchev–Trinajstić information content (AvgIpc) is 2.53. The molecule has 0 atom stereocenters.